The highest BCUT2D eigenvalue weighted by atomic mass is 32.1. The predicted octanol–water partition coefficient (Wildman–Crippen LogP) is 44.1. The van der Waals surface area contributed by atoms with Crippen LogP contribution in [0.4, 0.5) is 0 Å². The Morgan fingerprint density at radius 1 is 0.141 bits per heavy atom. The first-order chi connectivity index (χ1) is 73.1. The standard InChI is InChI=1S/C39H26S.C23H16S.2C21H14S.C20H18S.C19H14S/c1-25-14-21-37(40-25)30-19-20-35-36(24-30)39(32-18-16-27-9-3-5-11-29(27)23-32)34-13-7-6-12-33(34)38(35)31-17-15-26-8-2-4-10-28(26)22-31;1-15-10-13-23(24-15)16-11-12-21-19-8-3-2-6-17(19)18-7-4-5-9-20(18)22(21)14-16;1-13-9-12-20(22-13)16-10-11-19-15-6-3-2-5-14(15)17-7-4-8-18(16)21(17)19;1-13-5-12-19(22-13)17-10-8-16-7-6-14-3-2-4-15-9-11-18(17)21(16)20(14)15;1-13-8-11-19(21-13)14-9-10-16-15-6-4-5-7-17(15)20(2,3)18(16)12-14;1-13-10-11-19(20-13)18-12-14-6-2-3-7-15(14)16-8-4-5-9-17(16)18/h2-24H,1H3;2-14H,1H3;2*2-12H,1H3;4-12H,1-3H3;2-12H,1H3. The van der Waals surface area contributed by atoms with Crippen LogP contribution in [0.1, 0.15) is 54.2 Å². The van der Waals surface area contributed by atoms with Crippen molar-refractivity contribution in [2.45, 2.75) is 60.8 Å². The van der Waals surface area contributed by atoms with Crippen molar-refractivity contribution in [2.75, 3.05) is 0 Å². The molecule has 6 heteroatoms. The van der Waals surface area contributed by atoms with Crippen molar-refractivity contribution in [3.63, 3.8) is 0 Å². The van der Waals surface area contributed by atoms with Crippen molar-refractivity contribution in [3.8, 4) is 118 Å². The Balaban J connectivity index is 0.0000000922. The molecule has 2 aliphatic carbocycles. The number of benzene rings is 23. The molecule has 0 saturated heterocycles. The molecule has 710 valence electrons. The zero-order valence-corrected chi connectivity index (χ0v) is 88.9. The molecule has 0 spiro atoms. The van der Waals surface area contributed by atoms with Gasteiger partial charge in [-0.15, -0.1) is 68.0 Å². The first-order valence-electron chi connectivity index (χ1n) is 51.3. The molecule has 0 N–H and O–H groups in total. The summed E-state index contributed by atoms with van der Waals surface area (Å²) in [5.41, 5.74) is 24.3. The van der Waals surface area contributed by atoms with Gasteiger partial charge in [0.2, 0.25) is 0 Å². The largest absolute Gasteiger partial charge is 0.141 e. The summed E-state index contributed by atoms with van der Waals surface area (Å²) >= 11 is 11.2. The molecule has 31 rings (SSSR count). The van der Waals surface area contributed by atoms with Crippen LogP contribution >= 0.6 is 68.0 Å². The van der Waals surface area contributed by atoms with E-state index in [4.69, 9.17) is 0 Å². The molecule has 6 heterocycles. The molecule has 6 aromatic heterocycles. The minimum atomic E-state index is 0.0915. The van der Waals surface area contributed by atoms with Gasteiger partial charge in [-0.05, 0) is 385 Å². The number of thiophene rings is 6. The molecular formula is C143H102S6. The molecule has 0 unspecified atom stereocenters. The van der Waals surface area contributed by atoms with Gasteiger partial charge in [0.05, 0.1) is 0 Å². The van der Waals surface area contributed by atoms with Crippen LogP contribution in [0.25, 0.3) is 258 Å². The molecule has 2 aliphatic rings. The molecular weight excluding hydrogens is 1910 g/mol. The summed E-state index contributed by atoms with van der Waals surface area (Å²) in [5, 5.41) is 34.5. The lowest BCUT2D eigenvalue weighted by atomic mass is 9.82. The van der Waals surface area contributed by atoms with Gasteiger partial charge in [0.25, 0.3) is 0 Å². The lowest BCUT2D eigenvalue weighted by Gasteiger charge is -2.21. The number of fused-ring (bicyclic) bond motifs is 19. The molecule has 0 bridgehead atoms. The second-order valence-electron chi connectivity index (χ2n) is 40.0. The Morgan fingerprint density at radius 3 is 0.973 bits per heavy atom. The molecule has 0 saturated carbocycles. The first kappa shape index (κ1) is 92.7. The number of rotatable bonds is 8. The third kappa shape index (κ3) is 17.0. The van der Waals surface area contributed by atoms with Crippen molar-refractivity contribution < 1.29 is 0 Å². The van der Waals surface area contributed by atoms with E-state index in [0.717, 1.165) is 0 Å². The van der Waals surface area contributed by atoms with Crippen LogP contribution in [0.2, 0.25) is 0 Å². The van der Waals surface area contributed by atoms with Gasteiger partial charge < -0.3 is 0 Å². The smallest absolute Gasteiger partial charge is 0.0352 e. The van der Waals surface area contributed by atoms with Gasteiger partial charge in [0, 0.05) is 69.5 Å². The highest BCUT2D eigenvalue weighted by Gasteiger charge is 2.36. The van der Waals surface area contributed by atoms with Gasteiger partial charge in [-0.3, -0.25) is 0 Å². The average Bonchev–Trinajstić information content (AvgIpc) is 1.21. The van der Waals surface area contributed by atoms with Crippen molar-refractivity contribution in [2.24, 2.45) is 0 Å². The van der Waals surface area contributed by atoms with Gasteiger partial charge in [0.15, 0.2) is 0 Å². The molecule has 0 atom stereocenters. The third-order valence-electron chi connectivity index (χ3n) is 30.4. The molecule has 0 fully saturated rings. The summed E-state index contributed by atoms with van der Waals surface area (Å²) in [4.78, 5) is 16.2. The second kappa shape index (κ2) is 38.6. The highest BCUT2D eigenvalue weighted by Crippen LogP contribution is 2.55. The van der Waals surface area contributed by atoms with E-state index < -0.39 is 0 Å². The topological polar surface area (TPSA) is 0 Å². The van der Waals surface area contributed by atoms with Crippen LogP contribution in [-0.4, -0.2) is 0 Å². The van der Waals surface area contributed by atoms with E-state index in [1.165, 1.54) is 299 Å². The van der Waals surface area contributed by atoms with E-state index in [2.05, 4.69) is 529 Å². The lowest BCUT2D eigenvalue weighted by Crippen LogP contribution is -2.14. The van der Waals surface area contributed by atoms with Gasteiger partial charge in [-0.2, -0.15) is 0 Å². The van der Waals surface area contributed by atoms with Crippen molar-refractivity contribution in [3.05, 3.63) is 514 Å². The van der Waals surface area contributed by atoms with Gasteiger partial charge in [-0.25, -0.2) is 0 Å². The summed E-state index contributed by atoms with van der Waals surface area (Å²) in [7, 11) is 0. The van der Waals surface area contributed by atoms with E-state index in [1.807, 2.05) is 68.0 Å². The second-order valence-corrected chi connectivity index (χ2v) is 47.7. The van der Waals surface area contributed by atoms with Crippen LogP contribution in [-0.2, 0) is 5.41 Å². The maximum absolute atomic E-state index is 2.42. The van der Waals surface area contributed by atoms with E-state index >= 15 is 0 Å². The Morgan fingerprint density at radius 2 is 0.443 bits per heavy atom. The summed E-state index contributed by atoms with van der Waals surface area (Å²) in [6.45, 7) is 17.7. The zero-order chi connectivity index (χ0) is 100. The SMILES string of the molecule is Cc1ccc(-c2cc3ccccc3c3ccccc23)s1.Cc1ccc(-c2ccc3c(-c4ccc5ccccc5c4)c4ccccc4c(-c4ccc5ccccc5c4)c3c2)s1.Cc1ccc(-c2ccc3c(c2)C(C)(C)c2ccccc2-3)s1.Cc1ccc(-c2ccc3c4c(cccc24)-c2ccccc2-3)s1.Cc1ccc(-c2ccc3c4ccccc4c4ccccc4c3c2)s1.Cc1ccc(-c2ccc3ccc4cccc5ccc2c3c45)s1. The quantitative estimate of drug-likeness (QED) is 0.105. The zero-order valence-electron chi connectivity index (χ0n) is 84.0. The monoisotopic (exact) mass is 2010 g/mol. The van der Waals surface area contributed by atoms with Crippen molar-refractivity contribution in [1.82, 2.24) is 0 Å². The maximum Gasteiger partial charge on any atom is 0.0352 e. The van der Waals surface area contributed by atoms with Crippen molar-refractivity contribution in [1.29, 1.82) is 0 Å². The Bertz CT molecular complexity index is 10200. The van der Waals surface area contributed by atoms with Crippen LogP contribution in [0.15, 0.2) is 473 Å². The molecule has 23 aromatic carbocycles. The Hall–Kier alpha value is -16.1. The van der Waals surface area contributed by atoms with Gasteiger partial charge in [0.1, 0.15) is 0 Å². The molecule has 0 amide bonds. The Kier molecular flexibility index (Phi) is 24.0. The van der Waals surface area contributed by atoms with E-state index in [-0.39, 0.29) is 5.41 Å². The van der Waals surface area contributed by atoms with Crippen molar-refractivity contribution >= 4 is 208 Å². The van der Waals surface area contributed by atoms with E-state index in [0.29, 0.717) is 0 Å². The molecule has 29 aromatic rings. The van der Waals surface area contributed by atoms with Gasteiger partial charge >= 0.3 is 0 Å². The third-order valence-corrected chi connectivity index (χ3v) is 36.6. The van der Waals surface area contributed by atoms with E-state index in [1.54, 1.807) is 0 Å². The van der Waals surface area contributed by atoms with Crippen LogP contribution in [0.3, 0.4) is 0 Å². The van der Waals surface area contributed by atoms with E-state index in [9.17, 15) is 0 Å². The first-order valence-corrected chi connectivity index (χ1v) is 56.2. The fraction of sp³-hybridized carbons (Fsp3) is 0.0629. The number of hydrogen-bond acceptors (Lipinski definition) is 6. The van der Waals surface area contributed by atoms with Crippen LogP contribution in [0.5, 0.6) is 0 Å². The average molecular weight is 2010 g/mol. The molecule has 0 radical (unpaired) electrons. The highest BCUT2D eigenvalue weighted by molar-refractivity contribution is 7.17. The van der Waals surface area contributed by atoms with Crippen LogP contribution < -0.4 is 0 Å². The molecule has 149 heavy (non-hydrogen) atoms. The fourth-order valence-corrected chi connectivity index (χ4v) is 28.6. The lowest BCUT2D eigenvalue weighted by molar-refractivity contribution is 0.660. The Labute approximate surface area is 892 Å². The summed E-state index contributed by atoms with van der Waals surface area (Å²) in [6.07, 6.45) is 0. The maximum atomic E-state index is 2.42. The minimum absolute atomic E-state index is 0.0915. The minimum Gasteiger partial charge on any atom is -0.141 e. The molecule has 0 aliphatic heterocycles. The summed E-state index contributed by atoms with van der Waals surface area (Å²) in [6, 6.07) is 174. The normalized spacial score (nSPS) is 12.1. The predicted molar refractivity (Wildman–Crippen MR) is 659 cm³/mol. The number of aryl methyl sites for hydroxylation is 6. The fourth-order valence-electron chi connectivity index (χ4n) is 23.3. The van der Waals surface area contributed by atoms with Crippen LogP contribution in [0, 0.1) is 41.5 Å². The summed E-state index contributed by atoms with van der Waals surface area (Å²) < 4.78 is 0. The molecule has 0 nitrogen and oxygen atoms in total. The summed E-state index contributed by atoms with van der Waals surface area (Å²) in [5.74, 6) is 0. The van der Waals surface area contributed by atoms with Gasteiger partial charge in [-0.1, -0.05) is 378 Å². The number of hydrogen-bond donors (Lipinski definition) is 0.